The van der Waals surface area contributed by atoms with Crippen molar-refractivity contribution in [3.63, 3.8) is 0 Å². The van der Waals surface area contributed by atoms with Crippen molar-refractivity contribution in [1.29, 1.82) is 0 Å². The van der Waals surface area contributed by atoms with Crippen LogP contribution in [-0.2, 0) is 5.41 Å². The summed E-state index contributed by atoms with van der Waals surface area (Å²) in [6.07, 6.45) is 3.45. The van der Waals surface area contributed by atoms with E-state index in [-0.39, 0.29) is 12.0 Å². The van der Waals surface area contributed by atoms with Crippen LogP contribution in [0, 0.1) is 6.92 Å². The third-order valence-corrected chi connectivity index (χ3v) is 3.69. The molecule has 0 bridgehead atoms. The van der Waals surface area contributed by atoms with E-state index >= 15 is 0 Å². The smallest absolute Gasteiger partial charge is 0.119 e. The van der Waals surface area contributed by atoms with Crippen LogP contribution in [0.15, 0.2) is 18.2 Å². The van der Waals surface area contributed by atoms with Gasteiger partial charge in [0.1, 0.15) is 5.75 Å². The highest BCUT2D eigenvalue weighted by Crippen LogP contribution is 2.44. The molecule has 0 amide bonds. The van der Waals surface area contributed by atoms with Crippen molar-refractivity contribution in [3.05, 3.63) is 29.3 Å². The van der Waals surface area contributed by atoms with E-state index in [1.807, 2.05) is 13.0 Å². The number of aryl methyl sites for hydroxylation is 1. The van der Waals surface area contributed by atoms with E-state index in [2.05, 4.69) is 19.1 Å². The molecule has 2 rings (SSSR count). The Morgan fingerprint density at radius 1 is 1.38 bits per heavy atom. The zero-order valence-corrected chi connectivity index (χ0v) is 10.1. The van der Waals surface area contributed by atoms with Crippen LogP contribution in [0.2, 0.25) is 0 Å². The molecule has 0 unspecified atom stereocenters. The van der Waals surface area contributed by atoms with E-state index in [0.717, 1.165) is 18.6 Å². The normalized spacial score (nSPS) is 17.9. The average molecular weight is 220 g/mol. The molecule has 88 valence electrons. The van der Waals surface area contributed by atoms with Gasteiger partial charge in [0.05, 0.1) is 13.2 Å². The summed E-state index contributed by atoms with van der Waals surface area (Å²) in [4.78, 5) is 0. The van der Waals surface area contributed by atoms with E-state index in [1.165, 1.54) is 17.5 Å². The molecule has 1 fully saturated rings. The molecule has 1 aliphatic carbocycles. The van der Waals surface area contributed by atoms with Crippen LogP contribution in [-0.4, -0.2) is 18.3 Å². The Hall–Kier alpha value is -1.02. The molecule has 1 aliphatic rings. The molecular weight excluding hydrogens is 200 g/mol. The molecule has 2 nitrogen and oxygen atoms in total. The van der Waals surface area contributed by atoms with Crippen molar-refractivity contribution in [2.24, 2.45) is 0 Å². The summed E-state index contributed by atoms with van der Waals surface area (Å²) < 4.78 is 5.48. The quantitative estimate of drug-likeness (QED) is 0.845. The second-order valence-corrected chi connectivity index (χ2v) is 4.70. The summed E-state index contributed by atoms with van der Waals surface area (Å²) in [5, 5.41) is 9.56. The molecule has 0 aromatic heterocycles. The van der Waals surface area contributed by atoms with Crippen molar-refractivity contribution in [3.8, 4) is 5.75 Å². The fourth-order valence-corrected chi connectivity index (χ4v) is 2.60. The zero-order chi connectivity index (χ0) is 11.6. The van der Waals surface area contributed by atoms with Gasteiger partial charge in [-0.2, -0.15) is 0 Å². The van der Waals surface area contributed by atoms with Gasteiger partial charge in [-0.1, -0.05) is 12.5 Å². The van der Waals surface area contributed by atoms with Crippen LogP contribution >= 0.6 is 0 Å². The fraction of sp³-hybridized carbons (Fsp3) is 0.571. The molecule has 0 radical (unpaired) electrons. The SMILES string of the molecule is CCOc1ccc(C2(CO)CCC2)c(C)c1. The average Bonchev–Trinajstić information content (AvgIpc) is 2.20. The Kier molecular flexibility index (Phi) is 3.20. The minimum Gasteiger partial charge on any atom is -0.494 e. The monoisotopic (exact) mass is 220 g/mol. The molecule has 0 aliphatic heterocycles. The Labute approximate surface area is 97.3 Å². The first-order valence-corrected chi connectivity index (χ1v) is 6.06. The number of aliphatic hydroxyl groups excluding tert-OH is 1. The largest absolute Gasteiger partial charge is 0.494 e. The maximum Gasteiger partial charge on any atom is 0.119 e. The minimum atomic E-state index is 0.0365. The summed E-state index contributed by atoms with van der Waals surface area (Å²) in [7, 11) is 0. The summed E-state index contributed by atoms with van der Waals surface area (Å²) in [5.41, 5.74) is 2.57. The molecule has 2 heteroatoms. The first-order valence-electron chi connectivity index (χ1n) is 6.06. The molecule has 1 saturated carbocycles. The van der Waals surface area contributed by atoms with Gasteiger partial charge >= 0.3 is 0 Å². The summed E-state index contributed by atoms with van der Waals surface area (Å²) in [6, 6.07) is 6.21. The molecule has 1 aromatic rings. The number of ether oxygens (including phenoxy) is 1. The predicted octanol–water partition coefficient (Wildman–Crippen LogP) is 2.81. The maximum atomic E-state index is 9.56. The Morgan fingerprint density at radius 2 is 2.12 bits per heavy atom. The highest BCUT2D eigenvalue weighted by Gasteiger charge is 2.38. The van der Waals surface area contributed by atoms with Gasteiger partial charge in [0.2, 0.25) is 0 Å². The van der Waals surface area contributed by atoms with Gasteiger partial charge in [0, 0.05) is 5.41 Å². The van der Waals surface area contributed by atoms with Gasteiger partial charge < -0.3 is 9.84 Å². The number of benzene rings is 1. The lowest BCUT2D eigenvalue weighted by atomic mass is 9.64. The van der Waals surface area contributed by atoms with Gasteiger partial charge in [-0.3, -0.25) is 0 Å². The summed E-state index contributed by atoms with van der Waals surface area (Å²) >= 11 is 0. The van der Waals surface area contributed by atoms with E-state index in [9.17, 15) is 5.11 Å². The van der Waals surface area contributed by atoms with Crippen LogP contribution in [0.5, 0.6) is 5.75 Å². The molecule has 1 N–H and O–H groups in total. The lowest BCUT2D eigenvalue weighted by Crippen LogP contribution is -2.38. The number of aliphatic hydroxyl groups is 1. The zero-order valence-electron chi connectivity index (χ0n) is 10.1. The van der Waals surface area contributed by atoms with E-state index in [4.69, 9.17) is 4.74 Å². The summed E-state index contributed by atoms with van der Waals surface area (Å²) in [5.74, 6) is 0.927. The molecule has 0 heterocycles. The molecule has 1 aromatic carbocycles. The summed E-state index contributed by atoms with van der Waals surface area (Å²) in [6.45, 7) is 5.06. The van der Waals surface area contributed by atoms with Crippen molar-refractivity contribution in [1.82, 2.24) is 0 Å². The van der Waals surface area contributed by atoms with Crippen molar-refractivity contribution >= 4 is 0 Å². The standard InChI is InChI=1S/C14H20O2/c1-3-16-12-5-6-13(11(2)9-12)14(10-15)7-4-8-14/h5-6,9,15H,3-4,7-8,10H2,1-2H3. The van der Waals surface area contributed by atoms with Crippen molar-refractivity contribution in [2.75, 3.05) is 13.2 Å². The van der Waals surface area contributed by atoms with Crippen LogP contribution in [0.1, 0.15) is 37.3 Å². The number of rotatable bonds is 4. The van der Waals surface area contributed by atoms with Crippen molar-refractivity contribution in [2.45, 2.75) is 38.5 Å². The van der Waals surface area contributed by atoms with Gasteiger partial charge in [0.15, 0.2) is 0 Å². The van der Waals surface area contributed by atoms with E-state index in [1.54, 1.807) is 0 Å². The highest BCUT2D eigenvalue weighted by molar-refractivity contribution is 5.40. The van der Waals surface area contributed by atoms with Gasteiger partial charge in [-0.25, -0.2) is 0 Å². The van der Waals surface area contributed by atoms with Crippen LogP contribution in [0.3, 0.4) is 0 Å². The molecule has 16 heavy (non-hydrogen) atoms. The lowest BCUT2D eigenvalue weighted by Gasteiger charge is -2.41. The molecular formula is C14H20O2. The highest BCUT2D eigenvalue weighted by atomic mass is 16.5. The fourth-order valence-electron chi connectivity index (χ4n) is 2.60. The molecule has 0 spiro atoms. The van der Waals surface area contributed by atoms with Crippen molar-refractivity contribution < 1.29 is 9.84 Å². The first-order chi connectivity index (χ1) is 7.72. The van der Waals surface area contributed by atoms with Crippen LogP contribution in [0.25, 0.3) is 0 Å². The topological polar surface area (TPSA) is 29.5 Å². The third kappa shape index (κ3) is 1.82. The number of hydrogen-bond donors (Lipinski definition) is 1. The predicted molar refractivity (Wildman–Crippen MR) is 65.0 cm³/mol. The second kappa shape index (κ2) is 4.46. The van der Waals surface area contributed by atoms with E-state index < -0.39 is 0 Å². The third-order valence-electron chi connectivity index (χ3n) is 3.69. The van der Waals surface area contributed by atoms with Gasteiger partial charge in [0.25, 0.3) is 0 Å². The van der Waals surface area contributed by atoms with Crippen LogP contribution < -0.4 is 4.74 Å². The maximum absolute atomic E-state index is 9.56. The van der Waals surface area contributed by atoms with Gasteiger partial charge in [-0.15, -0.1) is 0 Å². The molecule has 0 saturated heterocycles. The van der Waals surface area contributed by atoms with Crippen LogP contribution in [0.4, 0.5) is 0 Å². The second-order valence-electron chi connectivity index (χ2n) is 4.70. The lowest BCUT2D eigenvalue weighted by molar-refractivity contribution is 0.119. The first kappa shape index (κ1) is 11.5. The number of hydrogen-bond acceptors (Lipinski definition) is 2. The Balaban J connectivity index is 2.28. The van der Waals surface area contributed by atoms with Gasteiger partial charge in [-0.05, 0) is 49.9 Å². The molecule has 0 atom stereocenters. The van der Waals surface area contributed by atoms with E-state index in [0.29, 0.717) is 6.61 Å². The Morgan fingerprint density at radius 3 is 2.56 bits per heavy atom. The Bertz CT molecular complexity index is 361. The minimum absolute atomic E-state index is 0.0365.